The van der Waals surface area contributed by atoms with Crippen LogP contribution < -0.4 is 4.90 Å². The molecule has 0 bridgehead atoms. The highest BCUT2D eigenvalue weighted by molar-refractivity contribution is 6.22. The van der Waals surface area contributed by atoms with Gasteiger partial charge in [-0.3, -0.25) is 33.8 Å². The molecule has 0 saturated carbocycles. The maximum Gasteiger partial charge on any atom is 0.261 e. The smallest absolute Gasteiger partial charge is 0.261 e. The van der Waals surface area contributed by atoms with Crippen LogP contribution in [0.3, 0.4) is 0 Å². The van der Waals surface area contributed by atoms with E-state index in [1.165, 1.54) is 54.1 Å². The Morgan fingerprint density at radius 2 is 1.60 bits per heavy atom. The van der Waals surface area contributed by atoms with E-state index in [4.69, 9.17) is 0 Å². The van der Waals surface area contributed by atoms with Crippen molar-refractivity contribution in [2.24, 2.45) is 0 Å². The number of allylic oxidation sites excluding steroid dienone is 2. The van der Waals surface area contributed by atoms with Crippen molar-refractivity contribution in [3.63, 3.8) is 0 Å². The number of amides is 4. The molecule has 218 valence electrons. The molecule has 7 nitrogen and oxygen atoms in total. The minimum atomic E-state index is -0.468. The number of anilines is 1. The van der Waals surface area contributed by atoms with Gasteiger partial charge >= 0.3 is 0 Å². The average Bonchev–Trinajstić information content (AvgIpc) is 3.33. The first-order valence-electron chi connectivity index (χ1n) is 14.1. The molecule has 43 heavy (non-hydrogen) atoms. The fraction of sp³-hybridized carbons (Fsp3) is 0.250. The maximum absolute atomic E-state index is 13.0. The van der Waals surface area contributed by atoms with E-state index in [2.05, 4.69) is 52.5 Å². The summed E-state index contributed by atoms with van der Waals surface area (Å²) in [7, 11) is 1.39. The molecular weight excluding hydrogens is 540 g/mol. The molecule has 1 aliphatic carbocycles. The third-order valence-electron chi connectivity index (χ3n) is 8.71. The summed E-state index contributed by atoms with van der Waals surface area (Å²) >= 11 is 0. The van der Waals surface area contributed by atoms with E-state index < -0.39 is 23.5 Å². The fourth-order valence-corrected chi connectivity index (χ4v) is 6.45. The summed E-state index contributed by atoms with van der Waals surface area (Å²) in [4.78, 5) is 64.2. The topological polar surface area (TPSA) is 91.8 Å². The number of nitrogens with zero attached hydrogens (tertiary/aromatic N) is 2. The minimum Gasteiger partial charge on any atom is -0.289 e. The van der Waals surface area contributed by atoms with Gasteiger partial charge in [0, 0.05) is 30.0 Å². The van der Waals surface area contributed by atoms with Gasteiger partial charge < -0.3 is 0 Å². The lowest BCUT2D eigenvalue weighted by atomic mass is 9.75. The Morgan fingerprint density at radius 1 is 0.930 bits per heavy atom. The summed E-state index contributed by atoms with van der Waals surface area (Å²) in [5.41, 5.74) is 6.00. The maximum atomic E-state index is 13.0. The Kier molecular flexibility index (Phi) is 7.38. The number of hydrogen-bond donors (Lipinski definition) is 0. The number of carbonyl (C=O) groups excluding carboxylic acids is 5. The van der Waals surface area contributed by atoms with Gasteiger partial charge in [0.1, 0.15) is 0 Å². The van der Waals surface area contributed by atoms with Gasteiger partial charge in [0.25, 0.3) is 11.8 Å². The van der Waals surface area contributed by atoms with Gasteiger partial charge in [0.15, 0.2) is 5.78 Å². The van der Waals surface area contributed by atoms with Crippen LogP contribution in [0.2, 0.25) is 0 Å². The van der Waals surface area contributed by atoms with Crippen LogP contribution in [0, 0.1) is 6.92 Å². The third kappa shape index (κ3) is 5.05. The zero-order valence-corrected chi connectivity index (χ0v) is 25.1. The number of benzene rings is 3. The molecular formula is C36H34N2O5. The van der Waals surface area contributed by atoms with Crippen LogP contribution in [0.25, 0.3) is 0 Å². The predicted molar refractivity (Wildman–Crippen MR) is 165 cm³/mol. The van der Waals surface area contributed by atoms with E-state index in [1.54, 1.807) is 12.1 Å². The summed E-state index contributed by atoms with van der Waals surface area (Å²) in [6.07, 6.45) is 4.19. The van der Waals surface area contributed by atoms with Crippen LogP contribution in [0.15, 0.2) is 85.0 Å². The van der Waals surface area contributed by atoms with E-state index in [0.717, 1.165) is 21.8 Å². The molecule has 0 fully saturated rings. The van der Waals surface area contributed by atoms with Gasteiger partial charge in [-0.05, 0) is 59.7 Å². The summed E-state index contributed by atoms with van der Waals surface area (Å²) in [5.74, 6) is -1.78. The zero-order chi connectivity index (χ0) is 31.3. The number of carbonyl (C=O) groups is 5. The Morgan fingerprint density at radius 3 is 2.28 bits per heavy atom. The molecule has 1 heterocycles. The van der Waals surface area contributed by atoms with Crippen molar-refractivity contribution in [2.45, 2.75) is 51.4 Å². The number of fused-ring (bicyclic) bond motifs is 2. The van der Waals surface area contributed by atoms with Crippen molar-refractivity contribution in [1.82, 2.24) is 4.90 Å². The van der Waals surface area contributed by atoms with Gasteiger partial charge in [0.05, 0.1) is 16.8 Å². The Bertz CT molecular complexity index is 1750. The second-order valence-electron chi connectivity index (χ2n) is 12.2. The summed E-state index contributed by atoms with van der Waals surface area (Å²) in [6.45, 7) is 12.7. The normalized spacial score (nSPS) is 18.5. The average molecular weight is 575 g/mol. The molecule has 4 amide bonds. The number of hydrogen-bond acceptors (Lipinski definition) is 5. The van der Waals surface area contributed by atoms with E-state index in [0.29, 0.717) is 12.1 Å². The van der Waals surface area contributed by atoms with E-state index in [9.17, 15) is 24.0 Å². The first-order chi connectivity index (χ1) is 20.3. The second-order valence-corrected chi connectivity index (χ2v) is 12.2. The van der Waals surface area contributed by atoms with Crippen LogP contribution in [0.5, 0.6) is 0 Å². The van der Waals surface area contributed by atoms with Gasteiger partial charge in [-0.2, -0.15) is 0 Å². The largest absolute Gasteiger partial charge is 0.289 e. The molecule has 0 spiro atoms. The third-order valence-corrected chi connectivity index (χ3v) is 8.71. The van der Waals surface area contributed by atoms with Crippen LogP contribution in [-0.2, 0) is 20.4 Å². The fourth-order valence-electron chi connectivity index (χ4n) is 6.45. The molecule has 1 aliphatic heterocycles. The molecule has 0 saturated heterocycles. The highest BCUT2D eigenvalue weighted by Gasteiger charge is 2.45. The lowest BCUT2D eigenvalue weighted by Crippen LogP contribution is -2.29. The molecule has 1 unspecified atom stereocenters. The highest BCUT2D eigenvalue weighted by Crippen LogP contribution is 2.53. The molecule has 2 aliphatic rings. The van der Waals surface area contributed by atoms with Crippen molar-refractivity contribution in [3.8, 4) is 0 Å². The number of imide groups is 2. The quantitative estimate of drug-likeness (QED) is 0.107. The van der Waals surface area contributed by atoms with Crippen molar-refractivity contribution < 1.29 is 24.0 Å². The van der Waals surface area contributed by atoms with E-state index in [-0.39, 0.29) is 39.5 Å². The van der Waals surface area contributed by atoms with Crippen molar-refractivity contribution in [3.05, 3.63) is 124 Å². The Hall–Kier alpha value is -4.91. The van der Waals surface area contributed by atoms with Gasteiger partial charge in [0.2, 0.25) is 12.3 Å². The number of aryl methyl sites for hydroxylation is 1. The molecule has 3 aromatic carbocycles. The molecule has 0 N–H and O–H groups in total. The first-order valence-corrected chi connectivity index (χ1v) is 14.1. The Balaban J connectivity index is 1.26. The number of rotatable bonds is 8. The molecule has 7 heteroatoms. The first kappa shape index (κ1) is 29.6. The summed E-state index contributed by atoms with van der Waals surface area (Å²) < 4.78 is 0. The molecule has 1 atom stereocenters. The van der Waals surface area contributed by atoms with Crippen LogP contribution in [0.1, 0.15) is 86.9 Å². The second kappa shape index (κ2) is 10.7. The van der Waals surface area contributed by atoms with Crippen molar-refractivity contribution >= 4 is 35.6 Å². The van der Waals surface area contributed by atoms with Crippen LogP contribution in [-0.4, -0.2) is 41.9 Å². The summed E-state index contributed by atoms with van der Waals surface area (Å²) in [6, 6.07) is 18.5. The molecule has 3 aromatic rings. The molecule has 0 aromatic heterocycles. The van der Waals surface area contributed by atoms with E-state index in [1.807, 2.05) is 12.1 Å². The highest BCUT2D eigenvalue weighted by atomic mass is 16.2. The van der Waals surface area contributed by atoms with Gasteiger partial charge in [-0.25, -0.2) is 0 Å². The Labute approximate surface area is 251 Å². The molecule has 5 rings (SSSR count). The van der Waals surface area contributed by atoms with Crippen LogP contribution in [0.4, 0.5) is 5.69 Å². The van der Waals surface area contributed by atoms with Gasteiger partial charge in [-0.1, -0.05) is 81.5 Å². The van der Waals surface area contributed by atoms with Gasteiger partial charge in [-0.15, -0.1) is 0 Å². The number of Topliss-reactive ketones (excluding diaryl/α,β-unsaturated/α-hetero) is 1. The number of ketones is 1. The zero-order valence-electron chi connectivity index (χ0n) is 25.1. The van der Waals surface area contributed by atoms with E-state index >= 15 is 0 Å². The van der Waals surface area contributed by atoms with Crippen molar-refractivity contribution in [2.75, 3.05) is 11.9 Å². The predicted octanol–water partition coefficient (Wildman–Crippen LogP) is 6.08. The minimum absolute atomic E-state index is 0.0189. The molecule has 0 radical (unpaired) electrons. The monoisotopic (exact) mass is 574 g/mol. The van der Waals surface area contributed by atoms with Crippen LogP contribution >= 0.6 is 0 Å². The SMILES string of the molecule is C=C(/C=C/CC(=O)N(C=O)c1ccc(C2(C)CC(C)(C)c3cc(C)ccc32)cc1)C(=O)c1ccc2c(c1)C(=O)N(C)C2=O. The lowest BCUT2D eigenvalue weighted by molar-refractivity contribution is -0.121. The van der Waals surface area contributed by atoms with Crippen molar-refractivity contribution in [1.29, 1.82) is 0 Å². The lowest BCUT2D eigenvalue weighted by Gasteiger charge is -2.29. The summed E-state index contributed by atoms with van der Waals surface area (Å²) in [5, 5.41) is 0. The standard InChI is InChI=1S/C36H34N2O5/c1-22-10-17-29-30(18-22)35(3,4)20-36(29,5)25-12-14-26(15-13-25)38(21-39)31(40)9-7-8-23(2)32(41)24-11-16-27-28(19-24)34(43)37(6)33(27)42/h7-8,10-19,21H,2,9,20H2,1,3-6H3/b8-7+.